The van der Waals surface area contributed by atoms with Gasteiger partial charge in [0, 0.05) is 0 Å². The molecule has 0 spiro atoms. The van der Waals surface area contributed by atoms with Crippen LogP contribution < -0.4 is 0 Å². The Labute approximate surface area is 74.7 Å². The minimum atomic E-state index is -0.509. The van der Waals surface area contributed by atoms with E-state index in [0.29, 0.717) is 6.61 Å². The molecule has 0 atom stereocenters. The summed E-state index contributed by atoms with van der Waals surface area (Å²) in [6.07, 6.45) is 0. The molecule has 0 aliphatic heterocycles. The Bertz CT molecular complexity index is 155. The first kappa shape index (κ1) is 11.4. The van der Waals surface area contributed by atoms with Gasteiger partial charge >= 0.3 is 5.97 Å². The number of esters is 1. The molecule has 0 unspecified atom stereocenters. The van der Waals surface area contributed by atoms with Crippen molar-refractivity contribution in [1.82, 2.24) is 4.90 Å². The summed E-state index contributed by atoms with van der Waals surface area (Å²) in [5.74, 6) is -0.158. The van der Waals surface area contributed by atoms with Crippen LogP contribution in [0.2, 0.25) is 0 Å². The zero-order valence-corrected chi connectivity index (χ0v) is 8.68. The van der Waals surface area contributed by atoms with Crippen LogP contribution >= 0.6 is 0 Å². The molecule has 0 fully saturated rings. The Balaban J connectivity index is 4.27. The fourth-order valence-corrected chi connectivity index (χ4v) is 0.859. The molecular formula is C9H19NO2. The van der Waals surface area contributed by atoms with E-state index in [-0.39, 0.29) is 5.97 Å². The Kier molecular flexibility index (Phi) is 4.24. The maximum Gasteiger partial charge on any atom is 0.325 e. The molecule has 72 valence electrons. The highest BCUT2D eigenvalue weighted by molar-refractivity contribution is 5.79. The molecule has 0 bridgehead atoms. The number of nitrogens with zero attached hydrogens (tertiary/aromatic N) is 1. The number of hydrogen-bond acceptors (Lipinski definition) is 3. The molecule has 0 aromatic heterocycles. The van der Waals surface area contributed by atoms with E-state index in [1.54, 1.807) is 0 Å². The van der Waals surface area contributed by atoms with Gasteiger partial charge in [-0.05, 0) is 34.4 Å². The van der Waals surface area contributed by atoms with Crippen molar-refractivity contribution in [3.63, 3.8) is 0 Å². The minimum Gasteiger partial charge on any atom is -0.465 e. The van der Waals surface area contributed by atoms with Gasteiger partial charge in [0.25, 0.3) is 0 Å². The molecule has 0 aromatic rings. The molecule has 0 aliphatic carbocycles. The summed E-state index contributed by atoms with van der Waals surface area (Å²) in [7, 11) is 1.91. The largest absolute Gasteiger partial charge is 0.465 e. The second-order valence-corrected chi connectivity index (χ2v) is 3.29. The average molecular weight is 173 g/mol. The molecule has 0 heterocycles. The van der Waals surface area contributed by atoms with Crippen LogP contribution in [0.3, 0.4) is 0 Å². The third-order valence-electron chi connectivity index (χ3n) is 2.20. The van der Waals surface area contributed by atoms with E-state index in [2.05, 4.69) is 0 Å². The number of hydrogen-bond donors (Lipinski definition) is 0. The summed E-state index contributed by atoms with van der Waals surface area (Å²) in [6, 6.07) is 0. The summed E-state index contributed by atoms with van der Waals surface area (Å²) in [4.78, 5) is 13.4. The molecule has 0 aromatic carbocycles. The monoisotopic (exact) mass is 173 g/mol. The molecule has 0 radical (unpaired) electrons. The van der Waals surface area contributed by atoms with E-state index in [1.807, 2.05) is 39.6 Å². The van der Waals surface area contributed by atoms with E-state index >= 15 is 0 Å². The number of ether oxygens (including phenoxy) is 1. The van der Waals surface area contributed by atoms with Gasteiger partial charge in [-0.25, -0.2) is 0 Å². The van der Waals surface area contributed by atoms with Gasteiger partial charge in [0.15, 0.2) is 0 Å². The standard InChI is InChI=1S/C9H19NO2/c1-6-10(5)9(3,4)8(11)12-7-2/h6-7H2,1-5H3. The SMILES string of the molecule is CCOC(=O)C(C)(C)N(C)CC. The highest BCUT2D eigenvalue weighted by Crippen LogP contribution is 2.13. The fourth-order valence-electron chi connectivity index (χ4n) is 0.859. The number of rotatable bonds is 4. The van der Waals surface area contributed by atoms with Crippen molar-refractivity contribution >= 4 is 5.97 Å². The van der Waals surface area contributed by atoms with Crippen LogP contribution in [0.25, 0.3) is 0 Å². The maximum absolute atomic E-state index is 11.4. The summed E-state index contributed by atoms with van der Waals surface area (Å²) >= 11 is 0. The van der Waals surface area contributed by atoms with Gasteiger partial charge in [-0.2, -0.15) is 0 Å². The first-order valence-electron chi connectivity index (χ1n) is 4.35. The lowest BCUT2D eigenvalue weighted by Crippen LogP contribution is -2.48. The van der Waals surface area contributed by atoms with E-state index in [9.17, 15) is 4.79 Å². The van der Waals surface area contributed by atoms with E-state index in [4.69, 9.17) is 4.74 Å². The van der Waals surface area contributed by atoms with Gasteiger partial charge in [-0.3, -0.25) is 9.69 Å². The van der Waals surface area contributed by atoms with Crippen LogP contribution in [0.5, 0.6) is 0 Å². The Morgan fingerprint density at radius 2 is 1.92 bits per heavy atom. The third-order valence-corrected chi connectivity index (χ3v) is 2.20. The highest BCUT2D eigenvalue weighted by atomic mass is 16.5. The number of carbonyl (C=O) groups excluding carboxylic acids is 1. The fraction of sp³-hybridized carbons (Fsp3) is 0.889. The van der Waals surface area contributed by atoms with Gasteiger partial charge in [-0.15, -0.1) is 0 Å². The van der Waals surface area contributed by atoms with Crippen LogP contribution in [0, 0.1) is 0 Å². The van der Waals surface area contributed by atoms with Gasteiger partial charge in [0.2, 0.25) is 0 Å². The molecule has 0 rings (SSSR count). The van der Waals surface area contributed by atoms with Gasteiger partial charge in [0.1, 0.15) is 5.54 Å². The summed E-state index contributed by atoms with van der Waals surface area (Å²) in [5, 5.41) is 0. The van der Waals surface area contributed by atoms with Crippen molar-refractivity contribution in [3.8, 4) is 0 Å². The zero-order valence-electron chi connectivity index (χ0n) is 8.68. The Morgan fingerprint density at radius 3 is 2.25 bits per heavy atom. The van der Waals surface area contributed by atoms with Crippen molar-refractivity contribution < 1.29 is 9.53 Å². The van der Waals surface area contributed by atoms with Crippen molar-refractivity contribution in [2.75, 3.05) is 20.2 Å². The molecule has 3 nitrogen and oxygen atoms in total. The van der Waals surface area contributed by atoms with Crippen LogP contribution in [-0.4, -0.2) is 36.6 Å². The molecule has 0 aliphatic rings. The van der Waals surface area contributed by atoms with Crippen LogP contribution in [0.15, 0.2) is 0 Å². The van der Waals surface area contributed by atoms with E-state index in [1.165, 1.54) is 0 Å². The zero-order chi connectivity index (χ0) is 9.78. The summed E-state index contributed by atoms with van der Waals surface area (Å²) in [6.45, 7) is 8.86. The normalized spacial score (nSPS) is 11.8. The van der Waals surface area contributed by atoms with Crippen molar-refractivity contribution in [3.05, 3.63) is 0 Å². The molecule has 12 heavy (non-hydrogen) atoms. The highest BCUT2D eigenvalue weighted by Gasteiger charge is 2.32. The second kappa shape index (κ2) is 4.45. The van der Waals surface area contributed by atoms with Gasteiger partial charge in [0.05, 0.1) is 6.61 Å². The first-order chi connectivity index (χ1) is 5.46. The van der Waals surface area contributed by atoms with Crippen molar-refractivity contribution in [1.29, 1.82) is 0 Å². The second-order valence-electron chi connectivity index (χ2n) is 3.29. The molecule has 0 saturated heterocycles. The topological polar surface area (TPSA) is 29.5 Å². The lowest BCUT2D eigenvalue weighted by Gasteiger charge is -2.31. The Hall–Kier alpha value is -0.570. The minimum absolute atomic E-state index is 0.158. The Morgan fingerprint density at radius 1 is 1.42 bits per heavy atom. The van der Waals surface area contributed by atoms with Crippen molar-refractivity contribution in [2.24, 2.45) is 0 Å². The number of likely N-dealkylation sites (N-methyl/N-ethyl adjacent to an activating group) is 1. The van der Waals surface area contributed by atoms with E-state index < -0.39 is 5.54 Å². The quantitative estimate of drug-likeness (QED) is 0.600. The lowest BCUT2D eigenvalue weighted by molar-refractivity contribution is -0.154. The summed E-state index contributed by atoms with van der Waals surface area (Å²) < 4.78 is 4.95. The molecule has 3 heteroatoms. The maximum atomic E-state index is 11.4. The lowest BCUT2D eigenvalue weighted by atomic mass is 10.0. The smallest absolute Gasteiger partial charge is 0.325 e. The first-order valence-corrected chi connectivity index (χ1v) is 4.35. The van der Waals surface area contributed by atoms with Crippen LogP contribution in [0.1, 0.15) is 27.7 Å². The number of carbonyl (C=O) groups is 1. The predicted molar refractivity (Wildman–Crippen MR) is 49.0 cm³/mol. The van der Waals surface area contributed by atoms with E-state index in [0.717, 1.165) is 6.54 Å². The van der Waals surface area contributed by atoms with Crippen molar-refractivity contribution in [2.45, 2.75) is 33.2 Å². The third kappa shape index (κ3) is 2.48. The predicted octanol–water partition coefficient (Wildman–Crippen LogP) is 1.28. The molecule has 0 N–H and O–H groups in total. The van der Waals surface area contributed by atoms with Crippen LogP contribution in [0.4, 0.5) is 0 Å². The van der Waals surface area contributed by atoms with Gasteiger partial charge in [-0.1, -0.05) is 6.92 Å². The molecule has 0 amide bonds. The van der Waals surface area contributed by atoms with Crippen LogP contribution in [-0.2, 0) is 9.53 Å². The molecular weight excluding hydrogens is 154 g/mol. The van der Waals surface area contributed by atoms with Gasteiger partial charge < -0.3 is 4.74 Å². The summed E-state index contributed by atoms with van der Waals surface area (Å²) in [5.41, 5.74) is -0.509. The molecule has 0 saturated carbocycles. The average Bonchev–Trinajstić information content (AvgIpc) is 2.03.